The molecule has 1 aliphatic rings. The summed E-state index contributed by atoms with van der Waals surface area (Å²) in [5, 5.41) is 17.0. The molecule has 4 rings (SSSR count). The van der Waals surface area contributed by atoms with Gasteiger partial charge in [-0.2, -0.15) is 0 Å². The lowest BCUT2D eigenvalue weighted by atomic mass is 9.98. The molecule has 0 bridgehead atoms. The number of nitro groups is 1. The Balaban J connectivity index is 1.33. The molecule has 34 heavy (non-hydrogen) atoms. The highest BCUT2D eigenvalue weighted by Gasteiger charge is 2.33. The van der Waals surface area contributed by atoms with Crippen LogP contribution in [0, 0.1) is 10.1 Å². The lowest BCUT2D eigenvalue weighted by Crippen LogP contribution is -2.42. The molecule has 2 N–H and O–H groups in total. The molecular weight excluding hydrogens is 434 g/mol. The summed E-state index contributed by atoms with van der Waals surface area (Å²) < 4.78 is 5.53. The molecule has 0 aromatic heterocycles. The van der Waals surface area contributed by atoms with E-state index in [1.165, 1.54) is 24.3 Å². The number of benzene rings is 3. The van der Waals surface area contributed by atoms with Gasteiger partial charge in [0.1, 0.15) is 6.10 Å². The molecule has 0 radical (unpaired) electrons. The van der Waals surface area contributed by atoms with E-state index in [0.717, 1.165) is 11.1 Å². The Morgan fingerprint density at radius 2 is 1.56 bits per heavy atom. The van der Waals surface area contributed by atoms with E-state index in [4.69, 9.17) is 4.74 Å². The van der Waals surface area contributed by atoms with E-state index < -0.39 is 23.0 Å². The van der Waals surface area contributed by atoms with Crippen LogP contribution >= 0.6 is 0 Å². The largest absolute Gasteiger partial charge is 0.461 e. The van der Waals surface area contributed by atoms with E-state index in [2.05, 4.69) is 10.6 Å². The topological polar surface area (TPSA) is 111 Å². The first-order valence-corrected chi connectivity index (χ1v) is 11.1. The van der Waals surface area contributed by atoms with Crippen molar-refractivity contribution >= 4 is 17.6 Å². The number of carbonyl (C=O) groups excluding carboxylic acids is 2. The van der Waals surface area contributed by atoms with Gasteiger partial charge in [0.25, 0.3) is 5.69 Å². The van der Waals surface area contributed by atoms with Crippen molar-refractivity contribution in [1.29, 1.82) is 0 Å². The molecule has 1 heterocycles. The van der Waals surface area contributed by atoms with Crippen LogP contribution in [0.25, 0.3) is 0 Å². The second kappa shape index (κ2) is 10.7. The fourth-order valence-corrected chi connectivity index (χ4v) is 4.02. The predicted molar refractivity (Wildman–Crippen MR) is 126 cm³/mol. The minimum atomic E-state index is -0.488. The number of non-ortho nitro benzene ring substituents is 1. The number of rotatable bonds is 8. The first-order valence-electron chi connectivity index (χ1n) is 11.1. The Labute approximate surface area is 197 Å². The SMILES string of the molecule is O=C(Cc1ccc([N+](=O)[O-])cc1)O[C@@H]1CN[C@H](C(=O)NC(c2ccccc2)c2ccccc2)C1. The maximum atomic E-state index is 13.0. The van der Waals surface area contributed by atoms with Crippen molar-refractivity contribution in [3.05, 3.63) is 112 Å². The van der Waals surface area contributed by atoms with Crippen molar-refractivity contribution < 1.29 is 19.2 Å². The van der Waals surface area contributed by atoms with Crippen molar-refractivity contribution in [3.8, 4) is 0 Å². The second-order valence-electron chi connectivity index (χ2n) is 8.17. The van der Waals surface area contributed by atoms with Crippen LogP contribution in [0.2, 0.25) is 0 Å². The van der Waals surface area contributed by atoms with Gasteiger partial charge in [-0.25, -0.2) is 0 Å². The van der Waals surface area contributed by atoms with Crippen molar-refractivity contribution in [2.45, 2.75) is 31.0 Å². The second-order valence-corrected chi connectivity index (χ2v) is 8.17. The quantitative estimate of drug-likeness (QED) is 0.304. The Morgan fingerprint density at radius 1 is 0.971 bits per heavy atom. The zero-order valence-electron chi connectivity index (χ0n) is 18.4. The highest BCUT2D eigenvalue weighted by Crippen LogP contribution is 2.23. The standard InChI is InChI=1S/C26H25N3O5/c30-24(15-18-11-13-21(14-12-18)29(32)33)34-22-16-23(27-17-22)26(31)28-25(19-7-3-1-4-8-19)20-9-5-2-6-10-20/h1-14,22-23,25,27H,15-17H2,(H,28,31)/t22-,23-/m0/s1. The molecule has 1 fully saturated rings. The Morgan fingerprint density at radius 3 is 2.12 bits per heavy atom. The molecule has 1 amide bonds. The molecule has 1 aliphatic heterocycles. The monoisotopic (exact) mass is 459 g/mol. The highest BCUT2D eigenvalue weighted by molar-refractivity contribution is 5.83. The van der Waals surface area contributed by atoms with Gasteiger partial charge in [0, 0.05) is 25.1 Å². The van der Waals surface area contributed by atoms with Crippen LogP contribution in [-0.2, 0) is 20.7 Å². The zero-order chi connectivity index (χ0) is 23.9. The maximum absolute atomic E-state index is 13.0. The molecule has 0 spiro atoms. The lowest BCUT2D eigenvalue weighted by Gasteiger charge is -2.22. The summed E-state index contributed by atoms with van der Waals surface area (Å²) >= 11 is 0. The van der Waals surface area contributed by atoms with Crippen molar-refractivity contribution in [2.24, 2.45) is 0 Å². The minimum Gasteiger partial charge on any atom is -0.461 e. The molecule has 8 nitrogen and oxygen atoms in total. The highest BCUT2D eigenvalue weighted by atomic mass is 16.6. The average molecular weight is 460 g/mol. The molecule has 3 aromatic rings. The van der Waals surface area contributed by atoms with Gasteiger partial charge in [-0.15, -0.1) is 0 Å². The van der Waals surface area contributed by atoms with E-state index in [-0.39, 0.29) is 24.1 Å². The fourth-order valence-electron chi connectivity index (χ4n) is 4.02. The molecule has 0 unspecified atom stereocenters. The number of carbonyl (C=O) groups is 2. The average Bonchev–Trinajstić information content (AvgIpc) is 3.32. The van der Waals surface area contributed by atoms with Gasteiger partial charge < -0.3 is 15.4 Å². The van der Waals surface area contributed by atoms with Crippen LogP contribution in [0.4, 0.5) is 5.69 Å². The number of nitrogens with one attached hydrogen (secondary N) is 2. The van der Waals surface area contributed by atoms with Crippen LogP contribution in [0.1, 0.15) is 29.2 Å². The molecular formula is C26H25N3O5. The molecule has 174 valence electrons. The molecule has 2 atom stereocenters. The number of amides is 1. The number of hydrogen-bond donors (Lipinski definition) is 2. The summed E-state index contributed by atoms with van der Waals surface area (Å²) in [6, 6.07) is 24.5. The number of esters is 1. The van der Waals surface area contributed by atoms with E-state index in [1.54, 1.807) is 0 Å². The van der Waals surface area contributed by atoms with Gasteiger partial charge in [0.2, 0.25) is 5.91 Å². The van der Waals surface area contributed by atoms with Crippen LogP contribution in [0.15, 0.2) is 84.9 Å². The third-order valence-electron chi connectivity index (χ3n) is 5.75. The first-order chi connectivity index (χ1) is 16.5. The molecule has 0 saturated carbocycles. The van der Waals surface area contributed by atoms with Crippen LogP contribution in [0.5, 0.6) is 0 Å². The Kier molecular flexibility index (Phi) is 7.29. The predicted octanol–water partition coefficient (Wildman–Crippen LogP) is 3.32. The van der Waals surface area contributed by atoms with Crippen LogP contribution in [-0.4, -0.2) is 35.5 Å². The van der Waals surface area contributed by atoms with Crippen molar-refractivity contribution in [2.75, 3.05) is 6.54 Å². The maximum Gasteiger partial charge on any atom is 0.310 e. The summed E-state index contributed by atoms with van der Waals surface area (Å²) in [5.41, 5.74) is 2.55. The number of ether oxygens (including phenoxy) is 1. The zero-order valence-corrected chi connectivity index (χ0v) is 18.4. The normalized spacial score (nSPS) is 17.3. The van der Waals surface area contributed by atoms with E-state index in [1.807, 2.05) is 60.7 Å². The van der Waals surface area contributed by atoms with Gasteiger partial charge in [-0.1, -0.05) is 72.8 Å². The van der Waals surface area contributed by atoms with Crippen molar-refractivity contribution in [1.82, 2.24) is 10.6 Å². The van der Waals surface area contributed by atoms with Crippen LogP contribution < -0.4 is 10.6 Å². The van der Waals surface area contributed by atoms with Gasteiger partial charge in [-0.05, 0) is 16.7 Å². The van der Waals surface area contributed by atoms with E-state index >= 15 is 0 Å². The molecule has 3 aromatic carbocycles. The van der Waals surface area contributed by atoms with E-state index in [0.29, 0.717) is 18.5 Å². The minimum absolute atomic E-state index is 0.00937. The molecule has 1 saturated heterocycles. The number of hydrogen-bond acceptors (Lipinski definition) is 6. The first kappa shape index (κ1) is 23.1. The summed E-state index contributed by atoms with van der Waals surface area (Å²) in [6.45, 7) is 0.380. The van der Waals surface area contributed by atoms with Gasteiger partial charge in [0.15, 0.2) is 0 Å². The van der Waals surface area contributed by atoms with Gasteiger partial charge in [0.05, 0.1) is 23.4 Å². The number of nitrogens with zero attached hydrogens (tertiary/aromatic N) is 1. The van der Waals surface area contributed by atoms with Crippen LogP contribution in [0.3, 0.4) is 0 Å². The fraction of sp³-hybridized carbons (Fsp3) is 0.231. The van der Waals surface area contributed by atoms with E-state index in [9.17, 15) is 19.7 Å². The van der Waals surface area contributed by atoms with Crippen molar-refractivity contribution in [3.63, 3.8) is 0 Å². The summed E-state index contributed by atoms with van der Waals surface area (Å²) in [5.74, 6) is -0.597. The summed E-state index contributed by atoms with van der Waals surface area (Å²) in [6.07, 6.45) is -0.0444. The third-order valence-corrected chi connectivity index (χ3v) is 5.75. The Bertz CT molecular complexity index is 1100. The summed E-state index contributed by atoms with van der Waals surface area (Å²) in [4.78, 5) is 35.6. The molecule has 0 aliphatic carbocycles. The summed E-state index contributed by atoms with van der Waals surface area (Å²) in [7, 11) is 0. The molecule has 8 heteroatoms. The van der Waals surface area contributed by atoms with Gasteiger partial charge in [-0.3, -0.25) is 19.7 Å². The van der Waals surface area contributed by atoms with Gasteiger partial charge >= 0.3 is 5.97 Å². The lowest BCUT2D eigenvalue weighted by molar-refractivity contribution is -0.384. The number of nitro benzene ring substituents is 1. The Hall–Kier alpha value is -4.04. The smallest absolute Gasteiger partial charge is 0.310 e. The third kappa shape index (κ3) is 5.85.